The summed E-state index contributed by atoms with van der Waals surface area (Å²) in [5.74, 6) is 1.87. The van der Waals surface area contributed by atoms with Crippen LogP contribution in [-0.4, -0.2) is 21.0 Å². The van der Waals surface area contributed by atoms with Crippen molar-refractivity contribution < 1.29 is 0 Å². The summed E-state index contributed by atoms with van der Waals surface area (Å²) < 4.78 is 0. The second kappa shape index (κ2) is 5.87. The topological polar surface area (TPSA) is 50.7 Å². The summed E-state index contributed by atoms with van der Waals surface area (Å²) in [6, 6.07) is 4.45. The summed E-state index contributed by atoms with van der Waals surface area (Å²) in [4.78, 5) is 13.7. The molecule has 1 N–H and O–H groups in total. The lowest BCUT2D eigenvalue weighted by Gasteiger charge is -2.22. The third kappa shape index (κ3) is 2.61. The van der Waals surface area contributed by atoms with Crippen molar-refractivity contribution in [3.8, 4) is 11.4 Å². The Labute approximate surface area is 130 Å². The van der Waals surface area contributed by atoms with Crippen molar-refractivity contribution in [1.82, 2.24) is 15.0 Å². The molecule has 4 nitrogen and oxygen atoms in total. The van der Waals surface area contributed by atoms with E-state index in [9.17, 15) is 0 Å². The molecule has 0 bridgehead atoms. The van der Waals surface area contributed by atoms with Crippen LogP contribution < -0.4 is 5.32 Å². The molecule has 2 aromatic heterocycles. The van der Waals surface area contributed by atoms with E-state index in [2.05, 4.69) is 22.5 Å². The molecule has 2 heterocycles. The van der Waals surface area contributed by atoms with Gasteiger partial charge in [-0.3, -0.25) is 4.98 Å². The van der Waals surface area contributed by atoms with E-state index in [1.807, 2.05) is 12.1 Å². The minimum atomic E-state index is 0.495. The average Bonchev–Trinajstić information content (AvgIpc) is 3.05. The Balaban J connectivity index is 1.70. The van der Waals surface area contributed by atoms with Crippen molar-refractivity contribution in [2.45, 2.75) is 44.6 Å². The minimum Gasteiger partial charge on any atom is -0.367 e. The van der Waals surface area contributed by atoms with Crippen LogP contribution >= 0.6 is 0 Å². The molecule has 1 unspecified atom stereocenters. The fraction of sp³-hybridized carbons (Fsp3) is 0.389. The van der Waals surface area contributed by atoms with Crippen molar-refractivity contribution in [3.05, 3.63) is 47.9 Å². The average molecular weight is 292 g/mol. The highest BCUT2D eigenvalue weighted by Crippen LogP contribution is 2.30. The molecule has 4 rings (SSSR count). The van der Waals surface area contributed by atoms with E-state index in [4.69, 9.17) is 9.97 Å². The van der Waals surface area contributed by atoms with Gasteiger partial charge in [0.1, 0.15) is 5.82 Å². The molecular formula is C18H20N4. The van der Waals surface area contributed by atoms with Gasteiger partial charge in [-0.2, -0.15) is 0 Å². The Morgan fingerprint density at radius 2 is 1.95 bits per heavy atom. The van der Waals surface area contributed by atoms with E-state index < -0.39 is 0 Å². The van der Waals surface area contributed by atoms with Crippen molar-refractivity contribution in [1.29, 1.82) is 0 Å². The van der Waals surface area contributed by atoms with Crippen LogP contribution in [-0.2, 0) is 12.8 Å². The SMILES string of the molecule is C1=CCC(Nc2nc(-c3ccncc3)nc3c2CCC3)CC1. The Morgan fingerprint density at radius 3 is 2.77 bits per heavy atom. The van der Waals surface area contributed by atoms with Gasteiger partial charge in [-0.1, -0.05) is 12.2 Å². The summed E-state index contributed by atoms with van der Waals surface area (Å²) >= 11 is 0. The van der Waals surface area contributed by atoms with Gasteiger partial charge in [-0.05, 0) is 50.7 Å². The van der Waals surface area contributed by atoms with Crippen molar-refractivity contribution in [3.63, 3.8) is 0 Å². The highest BCUT2D eigenvalue weighted by molar-refractivity contribution is 5.60. The molecule has 0 aliphatic heterocycles. The number of fused-ring (bicyclic) bond motifs is 1. The zero-order valence-electron chi connectivity index (χ0n) is 12.6. The highest BCUT2D eigenvalue weighted by atomic mass is 15.1. The fourth-order valence-electron chi connectivity index (χ4n) is 3.30. The lowest BCUT2D eigenvalue weighted by atomic mass is 10.0. The maximum Gasteiger partial charge on any atom is 0.161 e. The number of allylic oxidation sites excluding steroid dienone is 1. The van der Waals surface area contributed by atoms with Gasteiger partial charge in [-0.15, -0.1) is 0 Å². The number of hydrogen-bond acceptors (Lipinski definition) is 4. The molecule has 22 heavy (non-hydrogen) atoms. The largest absolute Gasteiger partial charge is 0.367 e. The summed E-state index contributed by atoms with van der Waals surface area (Å²) in [6.45, 7) is 0. The molecule has 1 atom stereocenters. The molecule has 2 aromatic rings. The Bertz CT molecular complexity index is 694. The molecule has 0 fully saturated rings. The first-order valence-electron chi connectivity index (χ1n) is 8.12. The van der Waals surface area contributed by atoms with Crippen LogP contribution in [0.4, 0.5) is 5.82 Å². The van der Waals surface area contributed by atoms with E-state index in [0.717, 1.165) is 42.9 Å². The van der Waals surface area contributed by atoms with Gasteiger partial charge in [-0.25, -0.2) is 9.97 Å². The Hall–Kier alpha value is -2.23. The number of nitrogens with one attached hydrogen (secondary N) is 1. The van der Waals surface area contributed by atoms with Crippen molar-refractivity contribution in [2.24, 2.45) is 0 Å². The molecule has 112 valence electrons. The number of nitrogens with zero attached hydrogens (tertiary/aromatic N) is 3. The van der Waals surface area contributed by atoms with Gasteiger partial charge in [0.05, 0.1) is 0 Å². The monoisotopic (exact) mass is 292 g/mol. The maximum atomic E-state index is 4.83. The quantitative estimate of drug-likeness (QED) is 0.879. The van der Waals surface area contributed by atoms with Gasteiger partial charge < -0.3 is 5.32 Å². The second-order valence-corrected chi connectivity index (χ2v) is 6.04. The molecule has 0 spiro atoms. The van der Waals surface area contributed by atoms with Crippen LogP contribution in [0.3, 0.4) is 0 Å². The van der Waals surface area contributed by atoms with Gasteiger partial charge in [0, 0.05) is 35.3 Å². The zero-order valence-corrected chi connectivity index (χ0v) is 12.6. The van der Waals surface area contributed by atoms with Crippen molar-refractivity contribution >= 4 is 5.82 Å². The first-order valence-corrected chi connectivity index (χ1v) is 8.12. The Morgan fingerprint density at radius 1 is 1.05 bits per heavy atom. The van der Waals surface area contributed by atoms with E-state index in [0.29, 0.717) is 6.04 Å². The van der Waals surface area contributed by atoms with Gasteiger partial charge >= 0.3 is 0 Å². The van der Waals surface area contributed by atoms with Crippen LogP contribution in [0.2, 0.25) is 0 Å². The van der Waals surface area contributed by atoms with Crippen molar-refractivity contribution in [2.75, 3.05) is 5.32 Å². The number of pyridine rings is 1. The first-order chi connectivity index (χ1) is 10.9. The maximum absolute atomic E-state index is 4.83. The lowest BCUT2D eigenvalue weighted by Crippen LogP contribution is -2.22. The van der Waals surface area contributed by atoms with Gasteiger partial charge in [0.2, 0.25) is 0 Å². The lowest BCUT2D eigenvalue weighted by molar-refractivity contribution is 0.641. The molecule has 0 aromatic carbocycles. The van der Waals surface area contributed by atoms with E-state index in [-0.39, 0.29) is 0 Å². The van der Waals surface area contributed by atoms with Crippen LogP contribution in [0, 0.1) is 0 Å². The number of aromatic nitrogens is 3. The number of aryl methyl sites for hydroxylation is 1. The smallest absolute Gasteiger partial charge is 0.161 e. The van der Waals surface area contributed by atoms with E-state index >= 15 is 0 Å². The number of anilines is 1. The zero-order chi connectivity index (χ0) is 14.8. The summed E-state index contributed by atoms with van der Waals surface area (Å²) in [7, 11) is 0. The molecule has 0 amide bonds. The molecule has 4 heteroatoms. The number of rotatable bonds is 3. The van der Waals surface area contributed by atoms with E-state index in [1.54, 1.807) is 12.4 Å². The standard InChI is InChI=1S/C18H20N4/c1-2-5-14(6-3-1)20-18-15-7-4-8-16(15)21-17(22-18)13-9-11-19-12-10-13/h1-2,9-12,14H,3-8H2,(H,20,21,22). The predicted molar refractivity (Wildman–Crippen MR) is 87.7 cm³/mol. The summed E-state index contributed by atoms with van der Waals surface area (Å²) in [6.07, 6.45) is 14.9. The van der Waals surface area contributed by atoms with Crippen LogP contribution in [0.25, 0.3) is 11.4 Å². The predicted octanol–water partition coefficient (Wildman–Crippen LogP) is 3.55. The Kier molecular flexibility index (Phi) is 3.59. The third-order valence-corrected chi connectivity index (χ3v) is 4.48. The second-order valence-electron chi connectivity index (χ2n) is 6.04. The summed E-state index contributed by atoms with van der Waals surface area (Å²) in [5, 5.41) is 3.67. The molecule has 0 saturated heterocycles. The van der Waals surface area contributed by atoms with Crippen LogP contribution in [0.5, 0.6) is 0 Å². The van der Waals surface area contributed by atoms with Crippen LogP contribution in [0.15, 0.2) is 36.7 Å². The fourth-order valence-corrected chi connectivity index (χ4v) is 3.30. The summed E-state index contributed by atoms with van der Waals surface area (Å²) in [5.41, 5.74) is 3.58. The molecular weight excluding hydrogens is 272 g/mol. The van der Waals surface area contributed by atoms with Gasteiger partial charge in [0.15, 0.2) is 5.82 Å². The van der Waals surface area contributed by atoms with E-state index in [1.165, 1.54) is 24.1 Å². The number of hydrogen-bond donors (Lipinski definition) is 1. The van der Waals surface area contributed by atoms with Gasteiger partial charge in [0.25, 0.3) is 0 Å². The molecule has 0 radical (unpaired) electrons. The molecule has 2 aliphatic carbocycles. The minimum absolute atomic E-state index is 0.495. The first kappa shape index (κ1) is 13.4. The normalized spacial score (nSPS) is 19.9. The van der Waals surface area contributed by atoms with Crippen LogP contribution in [0.1, 0.15) is 36.9 Å². The third-order valence-electron chi connectivity index (χ3n) is 4.48. The molecule has 0 saturated carbocycles. The highest BCUT2D eigenvalue weighted by Gasteiger charge is 2.21. The molecule has 2 aliphatic rings.